The first-order chi connectivity index (χ1) is 7.81. The number of ketones is 1. The molecule has 2 aromatic rings. The van der Waals surface area contributed by atoms with Gasteiger partial charge in [0, 0.05) is 5.56 Å². The average Bonchev–Trinajstić information content (AvgIpc) is 2.35. The van der Waals surface area contributed by atoms with Crippen molar-refractivity contribution in [3.63, 3.8) is 0 Å². The molecule has 0 unspecified atom stereocenters. The van der Waals surface area contributed by atoms with Crippen LogP contribution in [0.1, 0.15) is 10.4 Å². The smallest absolute Gasteiger partial charge is 0.173 e. The quantitative estimate of drug-likeness (QED) is 0.597. The van der Waals surface area contributed by atoms with Crippen LogP contribution in [0.25, 0.3) is 10.8 Å². The fourth-order valence-corrected chi connectivity index (χ4v) is 1.91. The molecule has 78 valence electrons. The maximum absolute atomic E-state index is 11.7. The zero-order valence-corrected chi connectivity index (χ0v) is 9.33. The molecule has 0 atom stereocenters. The molecule has 0 aromatic heterocycles. The lowest BCUT2D eigenvalue weighted by atomic mass is 10.1. The minimum atomic E-state index is -0.00250. The zero-order chi connectivity index (χ0) is 11.4. The topological polar surface area (TPSA) is 40.9 Å². The van der Waals surface area contributed by atoms with E-state index in [1.165, 1.54) is 0 Å². The van der Waals surface area contributed by atoms with E-state index in [0.717, 1.165) is 22.5 Å². The van der Waals surface area contributed by atoms with Crippen molar-refractivity contribution in [3.8, 4) is 5.40 Å². The number of Topliss-reactive ketones (excluding diaryl/α,β-unsaturated/α-hetero) is 1. The maximum atomic E-state index is 11.7. The number of hydrogen-bond donors (Lipinski definition) is 0. The number of carbonyl (C=O) groups excluding carboxylic acids is 1. The van der Waals surface area contributed by atoms with Crippen LogP contribution < -0.4 is 0 Å². The highest BCUT2D eigenvalue weighted by Gasteiger charge is 2.06. The van der Waals surface area contributed by atoms with Crippen molar-refractivity contribution in [2.24, 2.45) is 0 Å². The Hall–Kier alpha value is -1.79. The summed E-state index contributed by atoms with van der Waals surface area (Å²) in [6, 6.07) is 13.5. The van der Waals surface area contributed by atoms with Crippen molar-refractivity contribution >= 4 is 28.3 Å². The predicted molar refractivity (Wildman–Crippen MR) is 66.3 cm³/mol. The van der Waals surface area contributed by atoms with Crippen molar-refractivity contribution in [1.82, 2.24) is 0 Å². The molecule has 2 nitrogen and oxygen atoms in total. The maximum Gasteiger partial charge on any atom is 0.173 e. The molecule has 16 heavy (non-hydrogen) atoms. The van der Waals surface area contributed by atoms with Gasteiger partial charge in [0.2, 0.25) is 0 Å². The molecule has 0 aliphatic carbocycles. The highest BCUT2D eigenvalue weighted by molar-refractivity contribution is 8.04. The van der Waals surface area contributed by atoms with E-state index >= 15 is 0 Å². The average molecular weight is 227 g/mol. The number of benzene rings is 2. The second-order valence-corrected chi connectivity index (χ2v) is 4.12. The molecular weight excluding hydrogens is 218 g/mol. The number of rotatable bonds is 3. The molecule has 0 radical (unpaired) electrons. The number of thiocyanates is 1. The van der Waals surface area contributed by atoms with Crippen molar-refractivity contribution in [3.05, 3.63) is 48.0 Å². The Morgan fingerprint density at radius 3 is 2.69 bits per heavy atom. The number of carbonyl (C=O) groups is 1. The Balaban J connectivity index is 2.33. The Morgan fingerprint density at radius 2 is 1.94 bits per heavy atom. The van der Waals surface area contributed by atoms with Crippen LogP contribution in [0.15, 0.2) is 42.5 Å². The molecule has 0 fully saturated rings. The van der Waals surface area contributed by atoms with Crippen molar-refractivity contribution in [2.75, 3.05) is 5.75 Å². The normalized spacial score (nSPS) is 9.94. The lowest BCUT2D eigenvalue weighted by molar-refractivity contribution is 0.102. The summed E-state index contributed by atoms with van der Waals surface area (Å²) in [6.07, 6.45) is 0. The zero-order valence-electron chi connectivity index (χ0n) is 8.51. The third-order valence-corrected chi connectivity index (χ3v) is 2.87. The standard InChI is InChI=1S/C13H9NOS/c14-9-16-8-13(15)12-6-5-10-3-1-2-4-11(10)7-12/h1-7H,8H2. The Kier molecular flexibility index (Phi) is 3.23. The molecule has 2 aromatic carbocycles. The van der Waals surface area contributed by atoms with E-state index in [4.69, 9.17) is 5.26 Å². The molecule has 0 saturated heterocycles. The fourth-order valence-electron chi connectivity index (χ4n) is 1.54. The van der Waals surface area contributed by atoms with Crippen LogP contribution in [0.4, 0.5) is 0 Å². The SMILES string of the molecule is N#CSCC(=O)c1ccc2ccccc2c1. The van der Waals surface area contributed by atoms with Crippen LogP contribution in [0.2, 0.25) is 0 Å². The third kappa shape index (κ3) is 2.23. The Bertz CT molecular complexity index is 571. The van der Waals surface area contributed by atoms with Gasteiger partial charge in [-0.15, -0.1) is 0 Å². The van der Waals surface area contributed by atoms with Gasteiger partial charge < -0.3 is 0 Å². The molecule has 0 aliphatic heterocycles. The van der Waals surface area contributed by atoms with E-state index < -0.39 is 0 Å². The lowest BCUT2D eigenvalue weighted by Gasteiger charge is -2.01. The molecule has 0 spiro atoms. The van der Waals surface area contributed by atoms with E-state index in [2.05, 4.69) is 0 Å². The van der Waals surface area contributed by atoms with Gasteiger partial charge in [-0.25, -0.2) is 0 Å². The summed E-state index contributed by atoms with van der Waals surface area (Å²) in [7, 11) is 0. The minimum absolute atomic E-state index is 0.00250. The van der Waals surface area contributed by atoms with E-state index in [1.807, 2.05) is 47.9 Å². The summed E-state index contributed by atoms with van der Waals surface area (Å²) in [4.78, 5) is 11.7. The molecule has 0 heterocycles. The van der Waals surface area contributed by atoms with E-state index in [1.54, 1.807) is 0 Å². The molecule has 0 amide bonds. The highest BCUT2D eigenvalue weighted by atomic mass is 32.2. The second-order valence-electron chi connectivity index (χ2n) is 3.37. The summed E-state index contributed by atoms with van der Waals surface area (Å²) >= 11 is 0.972. The van der Waals surface area contributed by atoms with Gasteiger partial charge in [0.05, 0.1) is 5.75 Å². The van der Waals surface area contributed by atoms with Crippen LogP contribution >= 0.6 is 11.8 Å². The Labute approximate surface area is 97.9 Å². The van der Waals surface area contributed by atoms with E-state index in [-0.39, 0.29) is 11.5 Å². The van der Waals surface area contributed by atoms with Crippen LogP contribution in [0.3, 0.4) is 0 Å². The van der Waals surface area contributed by atoms with E-state index in [9.17, 15) is 4.79 Å². The van der Waals surface area contributed by atoms with Crippen molar-refractivity contribution in [1.29, 1.82) is 5.26 Å². The number of hydrogen-bond acceptors (Lipinski definition) is 3. The number of nitrogens with zero attached hydrogens (tertiary/aromatic N) is 1. The summed E-state index contributed by atoms with van der Waals surface area (Å²) in [6.45, 7) is 0. The molecule has 0 aliphatic rings. The summed E-state index contributed by atoms with van der Waals surface area (Å²) < 4.78 is 0. The van der Waals surface area contributed by atoms with Crippen LogP contribution in [-0.2, 0) is 0 Å². The molecular formula is C13H9NOS. The summed E-state index contributed by atoms with van der Waals surface area (Å²) in [5, 5.41) is 12.5. The van der Waals surface area contributed by atoms with Crippen LogP contribution in [-0.4, -0.2) is 11.5 Å². The summed E-state index contributed by atoms with van der Waals surface area (Å²) in [5.74, 6) is 0.215. The molecule has 3 heteroatoms. The second kappa shape index (κ2) is 4.82. The van der Waals surface area contributed by atoms with Gasteiger partial charge in [-0.3, -0.25) is 4.79 Å². The van der Waals surface area contributed by atoms with Gasteiger partial charge in [-0.1, -0.05) is 36.4 Å². The number of nitriles is 1. The van der Waals surface area contributed by atoms with Gasteiger partial charge in [-0.2, -0.15) is 5.26 Å². The van der Waals surface area contributed by atoms with Crippen LogP contribution in [0, 0.1) is 10.7 Å². The van der Waals surface area contributed by atoms with Gasteiger partial charge in [0.25, 0.3) is 0 Å². The predicted octanol–water partition coefficient (Wildman–Crippen LogP) is 3.24. The van der Waals surface area contributed by atoms with Crippen LogP contribution in [0.5, 0.6) is 0 Å². The molecule has 2 rings (SSSR count). The first kappa shape index (κ1) is 10.7. The molecule has 0 bridgehead atoms. The highest BCUT2D eigenvalue weighted by Crippen LogP contribution is 2.16. The number of fused-ring (bicyclic) bond motifs is 1. The monoisotopic (exact) mass is 227 g/mol. The molecule has 0 saturated carbocycles. The van der Waals surface area contributed by atoms with Gasteiger partial charge >= 0.3 is 0 Å². The first-order valence-corrected chi connectivity index (χ1v) is 5.83. The Morgan fingerprint density at radius 1 is 1.19 bits per heavy atom. The summed E-state index contributed by atoms with van der Waals surface area (Å²) in [5.41, 5.74) is 0.668. The van der Waals surface area contributed by atoms with Crippen molar-refractivity contribution in [2.45, 2.75) is 0 Å². The largest absolute Gasteiger partial charge is 0.293 e. The minimum Gasteiger partial charge on any atom is -0.293 e. The lowest BCUT2D eigenvalue weighted by Crippen LogP contribution is -2.01. The fraction of sp³-hybridized carbons (Fsp3) is 0.0769. The van der Waals surface area contributed by atoms with Gasteiger partial charge in [0.15, 0.2) is 5.78 Å². The first-order valence-electron chi connectivity index (χ1n) is 4.84. The van der Waals surface area contributed by atoms with Gasteiger partial charge in [0.1, 0.15) is 5.40 Å². The molecule has 0 N–H and O–H groups in total. The third-order valence-electron chi connectivity index (χ3n) is 2.34. The van der Waals surface area contributed by atoms with Gasteiger partial charge in [-0.05, 0) is 28.6 Å². The van der Waals surface area contributed by atoms with Crippen molar-refractivity contribution < 1.29 is 4.79 Å². The van der Waals surface area contributed by atoms with E-state index in [0.29, 0.717) is 5.56 Å². The number of thioether (sulfide) groups is 1.